The Kier molecular flexibility index (Phi) is 6.66. The van der Waals surface area contributed by atoms with Crippen molar-refractivity contribution in [2.75, 3.05) is 5.32 Å². The Balaban J connectivity index is 1.54. The van der Waals surface area contributed by atoms with E-state index in [9.17, 15) is 18.0 Å². The number of carbonyl (C=O) groups is 1. The molecule has 0 atom stereocenters. The van der Waals surface area contributed by atoms with E-state index in [1.54, 1.807) is 38.1 Å². The van der Waals surface area contributed by atoms with Crippen LogP contribution < -0.4 is 5.32 Å². The second kappa shape index (κ2) is 9.36. The van der Waals surface area contributed by atoms with Gasteiger partial charge in [0.2, 0.25) is 0 Å². The van der Waals surface area contributed by atoms with Crippen LogP contribution in [0.2, 0.25) is 10.0 Å². The molecule has 0 aliphatic carbocycles. The summed E-state index contributed by atoms with van der Waals surface area (Å²) >= 11 is 13.3. The summed E-state index contributed by atoms with van der Waals surface area (Å²) in [6.07, 6.45) is -4.33. The van der Waals surface area contributed by atoms with Crippen molar-refractivity contribution in [2.24, 2.45) is 0 Å². The lowest BCUT2D eigenvalue weighted by Crippen LogP contribution is -2.14. The maximum Gasteiger partial charge on any atom is 0.416 e. The Morgan fingerprint density at radius 1 is 1.15 bits per heavy atom. The minimum atomic E-state index is -4.47. The molecule has 0 fully saturated rings. The number of hydrogen-bond donors (Lipinski definition) is 1. The van der Waals surface area contributed by atoms with Crippen molar-refractivity contribution in [2.45, 2.75) is 26.4 Å². The van der Waals surface area contributed by atoms with E-state index in [4.69, 9.17) is 23.2 Å². The first kappa shape index (κ1) is 24.2. The number of halogens is 5. The molecule has 4 aromatic rings. The molecule has 2 heterocycles. The topological polar surface area (TPSA) is 72.7 Å². The third kappa shape index (κ3) is 5.08. The lowest BCUT2D eigenvalue weighted by Gasteiger charge is -2.10. The zero-order valence-corrected chi connectivity index (χ0v) is 20.1. The zero-order valence-electron chi connectivity index (χ0n) is 17.7. The Labute approximate surface area is 206 Å². The van der Waals surface area contributed by atoms with Gasteiger partial charge in [0, 0.05) is 21.3 Å². The van der Waals surface area contributed by atoms with E-state index in [0.717, 1.165) is 23.5 Å². The van der Waals surface area contributed by atoms with Gasteiger partial charge in [-0.3, -0.25) is 10.1 Å². The lowest BCUT2D eigenvalue weighted by atomic mass is 10.1. The lowest BCUT2D eigenvalue weighted by molar-refractivity contribution is -0.137. The molecule has 6 nitrogen and oxygen atoms in total. The summed E-state index contributed by atoms with van der Waals surface area (Å²) < 4.78 is 40.7. The summed E-state index contributed by atoms with van der Waals surface area (Å²) in [5.74, 6) is -0.511. The number of anilines is 1. The molecule has 0 radical (unpaired) electrons. The van der Waals surface area contributed by atoms with Gasteiger partial charge in [0.15, 0.2) is 10.8 Å². The second-order valence-corrected chi connectivity index (χ2v) is 9.30. The van der Waals surface area contributed by atoms with Gasteiger partial charge in [-0.1, -0.05) is 34.5 Å². The van der Waals surface area contributed by atoms with Crippen LogP contribution in [0.15, 0.2) is 42.5 Å². The van der Waals surface area contributed by atoms with Crippen molar-refractivity contribution in [3.05, 3.63) is 85.6 Å². The molecule has 0 unspecified atom stereocenters. The van der Waals surface area contributed by atoms with Crippen molar-refractivity contribution in [3.8, 4) is 5.69 Å². The molecule has 0 saturated carbocycles. The van der Waals surface area contributed by atoms with Crippen LogP contribution in [0.5, 0.6) is 0 Å². The second-order valence-electron chi connectivity index (χ2n) is 7.38. The molecule has 34 heavy (non-hydrogen) atoms. The van der Waals surface area contributed by atoms with Crippen molar-refractivity contribution in [1.82, 2.24) is 20.0 Å². The number of aryl methyl sites for hydroxylation is 1. The third-order valence-corrected chi connectivity index (χ3v) is 6.68. The Hall–Kier alpha value is -2.95. The molecule has 1 amide bonds. The van der Waals surface area contributed by atoms with Gasteiger partial charge in [-0.2, -0.15) is 13.2 Å². The van der Waals surface area contributed by atoms with Gasteiger partial charge in [0.1, 0.15) is 0 Å². The fraction of sp³-hybridized carbons (Fsp3) is 0.182. The van der Waals surface area contributed by atoms with Crippen LogP contribution in [0.25, 0.3) is 5.69 Å². The first-order valence-corrected chi connectivity index (χ1v) is 11.4. The van der Waals surface area contributed by atoms with E-state index in [0.29, 0.717) is 32.5 Å². The predicted octanol–water partition coefficient (Wildman–Crippen LogP) is 6.51. The van der Waals surface area contributed by atoms with Crippen LogP contribution in [0.1, 0.15) is 37.9 Å². The number of hydrogen-bond acceptors (Lipinski definition) is 5. The quantitative estimate of drug-likeness (QED) is 0.322. The van der Waals surface area contributed by atoms with Crippen molar-refractivity contribution < 1.29 is 18.0 Å². The summed E-state index contributed by atoms with van der Waals surface area (Å²) in [7, 11) is 0. The maximum atomic E-state index is 13.1. The molecule has 0 spiro atoms. The SMILES string of the molecule is Cc1nc(NC(=O)c2nnn(-c3cccc(Cl)c3)c2C)sc1Cc1cc(C(F)(F)F)ccc1Cl. The van der Waals surface area contributed by atoms with Gasteiger partial charge in [0.05, 0.1) is 22.6 Å². The van der Waals surface area contributed by atoms with Crippen LogP contribution in [0, 0.1) is 13.8 Å². The van der Waals surface area contributed by atoms with Gasteiger partial charge >= 0.3 is 6.18 Å². The zero-order chi connectivity index (χ0) is 24.6. The Morgan fingerprint density at radius 3 is 2.62 bits per heavy atom. The Morgan fingerprint density at radius 2 is 1.91 bits per heavy atom. The van der Waals surface area contributed by atoms with Gasteiger partial charge in [-0.15, -0.1) is 16.4 Å². The highest BCUT2D eigenvalue weighted by Gasteiger charge is 2.31. The first-order chi connectivity index (χ1) is 16.0. The number of rotatable bonds is 5. The number of nitrogens with zero attached hydrogens (tertiary/aromatic N) is 4. The largest absolute Gasteiger partial charge is 0.416 e. The first-order valence-electron chi connectivity index (χ1n) is 9.84. The average Bonchev–Trinajstić information content (AvgIpc) is 3.30. The minimum Gasteiger partial charge on any atom is -0.296 e. The molecule has 0 aliphatic heterocycles. The number of amides is 1. The summed E-state index contributed by atoms with van der Waals surface area (Å²) in [6, 6.07) is 10.2. The van der Waals surface area contributed by atoms with Gasteiger partial charge in [0.25, 0.3) is 5.91 Å². The fourth-order valence-electron chi connectivity index (χ4n) is 3.25. The molecule has 2 aromatic carbocycles. The molecule has 1 N–H and O–H groups in total. The van der Waals surface area contributed by atoms with Gasteiger partial charge in [-0.05, 0) is 55.8 Å². The summed E-state index contributed by atoms with van der Waals surface area (Å²) in [6.45, 7) is 3.41. The van der Waals surface area contributed by atoms with E-state index >= 15 is 0 Å². The molecular formula is C22H16Cl2F3N5OS. The van der Waals surface area contributed by atoms with Crippen LogP contribution in [-0.2, 0) is 12.6 Å². The van der Waals surface area contributed by atoms with Crippen molar-refractivity contribution >= 4 is 45.6 Å². The average molecular weight is 526 g/mol. The molecule has 176 valence electrons. The normalized spacial score (nSPS) is 11.6. The molecular weight excluding hydrogens is 510 g/mol. The van der Waals surface area contributed by atoms with Gasteiger partial charge in [-0.25, -0.2) is 9.67 Å². The highest BCUT2D eigenvalue weighted by molar-refractivity contribution is 7.15. The summed E-state index contributed by atoms with van der Waals surface area (Å²) in [5.41, 5.74) is 1.39. The van der Waals surface area contributed by atoms with E-state index < -0.39 is 17.6 Å². The van der Waals surface area contributed by atoms with Crippen LogP contribution in [0.3, 0.4) is 0 Å². The number of carbonyl (C=O) groups excluding carboxylic acids is 1. The summed E-state index contributed by atoms with van der Waals surface area (Å²) in [4.78, 5) is 17.8. The fourth-order valence-corrected chi connectivity index (χ4v) is 4.60. The molecule has 0 saturated heterocycles. The highest BCUT2D eigenvalue weighted by Crippen LogP contribution is 2.34. The number of thiazole rings is 1. The third-order valence-electron chi connectivity index (χ3n) is 5.00. The standard InChI is InChI=1S/C22H16Cl2F3N5OS/c1-11-18(9-13-8-14(22(25,26)27)6-7-17(13)24)34-21(28-11)29-20(33)19-12(2)32(31-30-19)16-5-3-4-15(23)10-16/h3-8,10H,9H2,1-2H3,(H,28,29,33). The summed E-state index contributed by atoms with van der Waals surface area (Å²) in [5, 5.41) is 11.7. The Bertz CT molecular complexity index is 1380. The monoisotopic (exact) mass is 525 g/mol. The van der Waals surface area contributed by atoms with Crippen molar-refractivity contribution in [1.29, 1.82) is 0 Å². The maximum absolute atomic E-state index is 13.1. The van der Waals surface area contributed by atoms with Crippen molar-refractivity contribution in [3.63, 3.8) is 0 Å². The highest BCUT2D eigenvalue weighted by atomic mass is 35.5. The molecule has 2 aromatic heterocycles. The van der Waals surface area contributed by atoms with Crippen LogP contribution in [-0.4, -0.2) is 25.9 Å². The molecule has 0 bridgehead atoms. The molecule has 4 rings (SSSR count). The van der Waals surface area contributed by atoms with Crippen LogP contribution >= 0.6 is 34.5 Å². The smallest absolute Gasteiger partial charge is 0.296 e. The van der Waals surface area contributed by atoms with E-state index in [1.165, 1.54) is 10.7 Å². The number of benzene rings is 2. The van der Waals surface area contributed by atoms with E-state index in [2.05, 4.69) is 20.6 Å². The number of aromatic nitrogens is 4. The van der Waals surface area contributed by atoms with E-state index in [-0.39, 0.29) is 22.3 Å². The van der Waals surface area contributed by atoms with Gasteiger partial charge < -0.3 is 0 Å². The molecule has 0 aliphatic rings. The number of nitrogens with one attached hydrogen (secondary N) is 1. The molecule has 12 heteroatoms. The van der Waals surface area contributed by atoms with E-state index in [1.807, 2.05) is 0 Å². The number of alkyl halides is 3. The minimum absolute atomic E-state index is 0.107. The predicted molar refractivity (Wildman–Crippen MR) is 125 cm³/mol. The van der Waals surface area contributed by atoms with Crippen LogP contribution in [0.4, 0.5) is 18.3 Å².